The lowest BCUT2D eigenvalue weighted by Crippen LogP contribution is -2.22. The maximum absolute atomic E-state index is 13.9. The van der Waals surface area contributed by atoms with Crippen LogP contribution in [-0.2, 0) is 6.54 Å². The Morgan fingerprint density at radius 2 is 1.96 bits per heavy atom. The van der Waals surface area contributed by atoms with Crippen molar-refractivity contribution in [2.45, 2.75) is 25.9 Å². The van der Waals surface area contributed by atoms with Crippen LogP contribution >= 0.6 is 0 Å². The summed E-state index contributed by atoms with van der Waals surface area (Å²) < 4.78 is 27.2. The van der Waals surface area contributed by atoms with E-state index in [0.29, 0.717) is 24.1 Å². The number of nitrogens with one attached hydrogen (secondary N) is 2. The van der Waals surface area contributed by atoms with Gasteiger partial charge in [0.15, 0.2) is 0 Å². The van der Waals surface area contributed by atoms with Crippen molar-refractivity contribution in [1.82, 2.24) is 10.6 Å². The smallest absolute Gasteiger partial charge is 0.251 e. The van der Waals surface area contributed by atoms with Crippen molar-refractivity contribution in [3.8, 4) is 0 Å². The zero-order chi connectivity index (χ0) is 16.8. The average Bonchev–Trinajstić information content (AvgIpc) is 2.58. The third-order valence-corrected chi connectivity index (χ3v) is 3.71. The summed E-state index contributed by atoms with van der Waals surface area (Å²) in [5.41, 5.74) is 1.79. The molecule has 23 heavy (non-hydrogen) atoms. The van der Waals surface area contributed by atoms with E-state index < -0.39 is 11.6 Å². The quantitative estimate of drug-likeness (QED) is 0.855. The van der Waals surface area contributed by atoms with E-state index in [4.69, 9.17) is 0 Å². The lowest BCUT2D eigenvalue weighted by atomic mass is 10.0. The van der Waals surface area contributed by atoms with Gasteiger partial charge in [0, 0.05) is 30.8 Å². The van der Waals surface area contributed by atoms with Crippen LogP contribution in [0.5, 0.6) is 0 Å². The molecule has 1 amide bonds. The van der Waals surface area contributed by atoms with E-state index in [1.54, 1.807) is 25.2 Å². The molecule has 122 valence electrons. The highest BCUT2D eigenvalue weighted by molar-refractivity contribution is 5.94. The van der Waals surface area contributed by atoms with Gasteiger partial charge in [0.05, 0.1) is 0 Å². The van der Waals surface area contributed by atoms with Crippen molar-refractivity contribution < 1.29 is 13.6 Å². The summed E-state index contributed by atoms with van der Waals surface area (Å²) in [6.45, 7) is 2.36. The molecule has 0 heterocycles. The van der Waals surface area contributed by atoms with Crippen molar-refractivity contribution in [3.63, 3.8) is 0 Å². The van der Waals surface area contributed by atoms with Crippen LogP contribution in [0, 0.1) is 11.6 Å². The molecule has 2 N–H and O–H groups in total. The maximum atomic E-state index is 13.9. The molecule has 0 aliphatic heterocycles. The number of halogens is 2. The van der Waals surface area contributed by atoms with Crippen LogP contribution in [-0.4, -0.2) is 13.0 Å². The molecule has 0 saturated carbocycles. The van der Waals surface area contributed by atoms with Gasteiger partial charge in [-0.2, -0.15) is 0 Å². The minimum atomic E-state index is -0.455. The Balaban J connectivity index is 2.12. The van der Waals surface area contributed by atoms with Crippen LogP contribution in [0.4, 0.5) is 8.78 Å². The second-order valence-electron chi connectivity index (χ2n) is 5.29. The van der Waals surface area contributed by atoms with Gasteiger partial charge in [-0.05, 0) is 42.3 Å². The number of hydrogen-bond donors (Lipinski definition) is 2. The van der Waals surface area contributed by atoms with E-state index >= 15 is 0 Å². The Labute approximate surface area is 134 Å². The zero-order valence-corrected chi connectivity index (χ0v) is 13.2. The topological polar surface area (TPSA) is 41.1 Å². The number of carbonyl (C=O) groups excluding carboxylic acids is 1. The molecule has 3 nitrogen and oxygen atoms in total. The van der Waals surface area contributed by atoms with Crippen molar-refractivity contribution in [1.29, 1.82) is 0 Å². The second-order valence-corrected chi connectivity index (χ2v) is 5.29. The molecule has 5 heteroatoms. The average molecular weight is 318 g/mol. The zero-order valence-electron chi connectivity index (χ0n) is 13.2. The van der Waals surface area contributed by atoms with E-state index in [1.807, 2.05) is 13.0 Å². The lowest BCUT2D eigenvalue weighted by molar-refractivity contribution is 0.0963. The van der Waals surface area contributed by atoms with Crippen LogP contribution in [0.15, 0.2) is 42.5 Å². The van der Waals surface area contributed by atoms with Crippen LogP contribution < -0.4 is 10.6 Å². The summed E-state index contributed by atoms with van der Waals surface area (Å²) in [5.74, 6) is -1.04. The highest BCUT2D eigenvalue weighted by Crippen LogP contribution is 2.21. The second kappa shape index (κ2) is 7.83. The summed E-state index contributed by atoms with van der Waals surface area (Å²) >= 11 is 0. The Kier molecular flexibility index (Phi) is 5.82. The molecular weight excluding hydrogens is 298 g/mol. The molecule has 1 unspecified atom stereocenters. The van der Waals surface area contributed by atoms with Crippen molar-refractivity contribution in [2.75, 3.05) is 7.05 Å². The van der Waals surface area contributed by atoms with Crippen LogP contribution in [0.3, 0.4) is 0 Å². The number of amides is 1. The van der Waals surface area contributed by atoms with Gasteiger partial charge < -0.3 is 10.6 Å². The number of benzene rings is 2. The summed E-state index contributed by atoms with van der Waals surface area (Å²) in [5, 5.41) is 5.79. The third-order valence-electron chi connectivity index (χ3n) is 3.71. The first kappa shape index (κ1) is 17.1. The van der Waals surface area contributed by atoms with Gasteiger partial charge in [-0.3, -0.25) is 4.79 Å². The Morgan fingerprint density at radius 1 is 1.17 bits per heavy atom. The van der Waals surface area contributed by atoms with Gasteiger partial charge in [0.25, 0.3) is 5.91 Å². The largest absolute Gasteiger partial charge is 0.355 e. The van der Waals surface area contributed by atoms with Crippen molar-refractivity contribution in [3.05, 3.63) is 70.8 Å². The molecule has 1 atom stereocenters. The summed E-state index contributed by atoms with van der Waals surface area (Å²) in [4.78, 5) is 11.6. The third kappa shape index (κ3) is 4.36. The monoisotopic (exact) mass is 318 g/mol. The molecule has 0 spiro atoms. The highest BCUT2D eigenvalue weighted by atomic mass is 19.1. The SMILES string of the molecule is CCC(NCc1cccc(C(=O)NC)c1)c1cc(F)ccc1F. The standard InChI is InChI=1S/C18H20F2N2O/c1-3-17(15-10-14(19)7-8-16(15)20)22-11-12-5-4-6-13(9-12)18(23)21-2/h4-10,17,22H,3,11H2,1-2H3,(H,21,23). The predicted octanol–water partition coefficient (Wildman–Crippen LogP) is 3.57. The first-order valence-electron chi connectivity index (χ1n) is 7.54. The fourth-order valence-corrected chi connectivity index (χ4v) is 2.46. The normalized spacial score (nSPS) is 12.0. The molecule has 2 aromatic carbocycles. The molecular formula is C18H20F2N2O. The fraction of sp³-hybridized carbons (Fsp3) is 0.278. The number of hydrogen-bond acceptors (Lipinski definition) is 2. The molecule has 0 fully saturated rings. The fourth-order valence-electron chi connectivity index (χ4n) is 2.46. The van der Waals surface area contributed by atoms with Gasteiger partial charge in [0.1, 0.15) is 11.6 Å². The minimum absolute atomic E-state index is 0.157. The maximum Gasteiger partial charge on any atom is 0.251 e. The molecule has 0 aromatic heterocycles. The first-order chi connectivity index (χ1) is 11.0. The Hall–Kier alpha value is -2.27. The summed E-state index contributed by atoms with van der Waals surface area (Å²) in [6, 6.07) is 10.4. The molecule has 0 bridgehead atoms. The molecule has 2 rings (SSSR count). The van der Waals surface area contributed by atoms with Gasteiger partial charge in [-0.1, -0.05) is 19.1 Å². The van der Waals surface area contributed by atoms with E-state index in [1.165, 1.54) is 6.07 Å². The van der Waals surface area contributed by atoms with Crippen LogP contribution in [0.1, 0.15) is 40.9 Å². The molecule has 2 aromatic rings. The van der Waals surface area contributed by atoms with Gasteiger partial charge >= 0.3 is 0 Å². The van der Waals surface area contributed by atoms with E-state index in [2.05, 4.69) is 10.6 Å². The van der Waals surface area contributed by atoms with E-state index in [9.17, 15) is 13.6 Å². The molecule has 0 radical (unpaired) electrons. The molecule has 0 saturated heterocycles. The predicted molar refractivity (Wildman–Crippen MR) is 86.1 cm³/mol. The summed E-state index contributed by atoms with van der Waals surface area (Å²) in [6.07, 6.45) is 0.621. The van der Waals surface area contributed by atoms with Gasteiger partial charge in [-0.25, -0.2) is 8.78 Å². The number of carbonyl (C=O) groups is 1. The summed E-state index contributed by atoms with van der Waals surface area (Å²) in [7, 11) is 1.58. The van der Waals surface area contributed by atoms with Gasteiger partial charge in [0.2, 0.25) is 0 Å². The molecule has 0 aliphatic rings. The molecule has 0 aliphatic carbocycles. The van der Waals surface area contributed by atoms with Crippen molar-refractivity contribution >= 4 is 5.91 Å². The van der Waals surface area contributed by atoms with Crippen LogP contribution in [0.2, 0.25) is 0 Å². The highest BCUT2D eigenvalue weighted by Gasteiger charge is 2.15. The number of rotatable bonds is 6. The Bertz CT molecular complexity index is 688. The van der Waals surface area contributed by atoms with E-state index in [-0.39, 0.29) is 11.9 Å². The minimum Gasteiger partial charge on any atom is -0.355 e. The van der Waals surface area contributed by atoms with Crippen LogP contribution in [0.25, 0.3) is 0 Å². The Morgan fingerprint density at radius 3 is 2.65 bits per heavy atom. The van der Waals surface area contributed by atoms with E-state index in [0.717, 1.165) is 17.7 Å². The lowest BCUT2D eigenvalue weighted by Gasteiger charge is -2.18. The first-order valence-corrected chi connectivity index (χ1v) is 7.54. The van der Waals surface area contributed by atoms with Crippen molar-refractivity contribution in [2.24, 2.45) is 0 Å². The van der Waals surface area contributed by atoms with Gasteiger partial charge in [-0.15, -0.1) is 0 Å².